The summed E-state index contributed by atoms with van der Waals surface area (Å²) in [6.45, 7) is 0.457. The number of methoxy groups -OCH3 is 1. The molecule has 0 aliphatic heterocycles. The second kappa shape index (κ2) is 7.16. The highest BCUT2D eigenvalue weighted by atomic mass is 32.2. The monoisotopic (exact) mass is 357 g/mol. The van der Waals surface area contributed by atoms with E-state index in [1.807, 2.05) is 0 Å². The highest BCUT2D eigenvalue weighted by molar-refractivity contribution is 7.89. The first-order chi connectivity index (χ1) is 11.3. The third-order valence-corrected chi connectivity index (χ3v) is 5.16. The van der Waals surface area contributed by atoms with Crippen LogP contribution in [-0.4, -0.2) is 57.6 Å². The molecule has 132 valence electrons. The van der Waals surface area contributed by atoms with Gasteiger partial charge in [-0.15, -0.1) is 0 Å². The SMILES string of the molecule is COCCNC(=O)Cn1c(=O)oc2cc(S(=O)(=O)N(C)C)ccc21. The predicted octanol–water partition coefficient (Wildman–Crippen LogP) is -0.393. The molecule has 1 aromatic heterocycles. The summed E-state index contributed by atoms with van der Waals surface area (Å²) >= 11 is 0. The number of sulfonamides is 1. The number of hydrogen-bond acceptors (Lipinski definition) is 6. The number of amides is 1. The van der Waals surface area contributed by atoms with E-state index in [1.165, 1.54) is 39.4 Å². The quantitative estimate of drug-likeness (QED) is 0.676. The van der Waals surface area contributed by atoms with Crippen LogP contribution in [0.3, 0.4) is 0 Å². The van der Waals surface area contributed by atoms with Crippen LogP contribution in [0.4, 0.5) is 0 Å². The summed E-state index contributed by atoms with van der Waals surface area (Å²) in [4.78, 5) is 23.8. The maximum Gasteiger partial charge on any atom is 0.420 e. The number of benzene rings is 1. The van der Waals surface area contributed by atoms with E-state index in [0.29, 0.717) is 18.7 Å². The van der Waals surface area contributed by atoms with E-state index in [-0.39, 0.29) is 22.9 Å². The van der Waals surface area contributed by atoms with Gasteiger partial charge in [0.25, 0.3) is 0 Å². The molecule has 2 aromatic rings. The topological polar surface area (TPSA) is 111 Å². The number of aromatic nitrogens is 1. The van der Waals surface area contributed by atoms with Crippen LogP contribution < -0.4 is 11.1 Å². The van der Waals surface area contributed by atoms with Crippen molar-refractivity contribution in [3.63, 3.8) is 0 Å². The van der Waals surface area contributed by atoms with Gasteiger partial charge >= 0.3 is 5.76 Å². The lowest BCUT2D eigenvalue weighted by molar-refractivity contribution is -0.121. The van der Waals surface area contributed by atoms with E-state index < -0.39 is 15.8 Å². The summed E-state index contributed by atoms with van der Waals surface area (Å²) in [6, 6.07) is 4.08. The molecule has 0 fully saturated rings. The lowest BCUT2D eigenvalue weighted by atomic mass is 10.3. The molecule has 0 aliphatic rings. The molecule has 0 radical (unpaired) electrons. The zero-order valence-electron chi connectivity index (χ0n) is 13.6. The molecular formula is C14H19N3O6S. The third kappa shape index (κ3) is 3.66. The first-order valence-corrected chi connectivity index (χ1v) is 8.53. The van der Waals surface area contributed by atoms with Crippen LogP contribution >= 0.6 is 0 Å². The molecular weight excluding hydrogens is 338 g/mol. The number of carbonyl (C=O) groups excluding carboxylic acids is 1. The van der Waals surface area contributed by atoms with Crippen LogP contribution in [0.15, 0.2) is 32.3 Å². The Morgan fingerprint density at radius 1 is 1.38 bits per heavy atom. The summed E-state index contributed by atoms with van der Waals surface area (Å²) in [5.74, 6) is -1.10. The smallest absolute Gasteiger partial charge is 0.408 e. The van der Waals surface area contributed by atoms with E-state index in [0.717, 1.165) is 8.87 Å². The van der Waals surface area contributed by atoms with E-state index in [9.17, 15) is 18.0 Å². The number of carbonyl (C=O) groups is 1. The fraction of sp³-hybridized carbons (Fsp3) is 0.429. The van der Waals surface area contributed by atoms with E-state index in [1.54, 1.807) is 0 Å². The molecule has 1 N–H and O–H groups in total. The van der Waals surface area contributed by atoms with Crippen molar-refractivity contribution in [3.8, 4) is 0 Å². The minimum atomic E-state index is -3.64. The first-order valence-electron chi connectivity index (χ1n) is 7.09. The normalized spacial score (nSPS) is 12.0. The van der Waals surface area contributed by atoms with Gasteiger partial charge in [0.1, 0.15) is 6.54 Å². The Morgan fingerprint density at radius 2 is 2.08 bits per heavy atom. The van der Waals surface area contributed by atoms with Crippen molar-refractivity contribution in [1.82, 2.24) is 14.2 Å². The molecule has 1 aromatic carbocycles. The molecule has 0 aliphatic carbocycles. The minimum Gasteiger partial charge on any atom is -0.408 e. The highest BCUT2D eigenvalue weighted by Crippen LogP contribution is 2.20. The van der Waals surface area contributed by atoms with Crippen LogP contribution in [-0.2, 0) is 26.1 Å². The number of rotatable bonds is 7. The Hall–Kier alpha value is -2.17. The zero-order valence-corrected chi connectivity index (χ0v) is 14.4. The van der Waals surface area contributed by atoms with Crippen molar-refractivity contribution in [3.05, 3.63) is 28.7 Å². The van der Waals surface area contributed by atoms with Gasteiger partial charge < -0.3 is 14.5 Å². The van der Waals surface area contributed by atoms with Gasteiger partial charge in [-0.3, -0.25) is 9.36 Å². The van der Waals surface area contributed by atoms with Gasteiger partial charge in [-0.1, -0.05) is 0 Å². The summed E-state index contributed by atoms with van der Waals surface area (Å²) in [5.41, 5.74) is 0.451. The van der Waals surface area contributed by atoms with Crippen molar-refractivity contribution < 1.29 is 22.4 Å². The number of fused-ring (bicyclic) bond motifs is 1. The Morgan fingerprint density at radius 3 is 2.71 bits per heavy atom. The van der Waals surface area contributed by atoms with Crippen LogP contribution in [0.1, 0.15) is 0 Å². The average Bonchev–Trinajstić information content (AvgIpc) is 2.82. The van der Waals surface area contributed by atoms with Crippen LogP contribution in [0.2, 0.25) is 0 Å². The van der Waals surface area contributed by atoms with Crippen molar-refractivity contribution >= 4 is 27.0 Å². The van der Waals surface area contributed by atoms with Gasteiger partial charge in [0.2, 0.25) is 15.9 Å². The Balaban J connectivity index is 2.33. The molecule has 0 spiro atoms. The second-order valence-corrected chi connectivity index (χ2v) is 7.37. The summed E-state index contributed by atoms with van der Waals surface area (Å²) < 4.78 is 36.3. The highest BCUT2D eigenvalue weighted by Gasteiger charge is 2.20. The van der Waals surface area contributed by atoms with Crippen molar-refractivity contribution in [2.24, 2.45) is 0 Å². The molecule has 2 rings (SSSR count). The number of ether oxygens (including phenoxy) is 1. The minimum absolute atomic E-state index is 0.00504. The van der Waals surface area contributed by atoms with Crippen LogP contribution in [0, 0.1) is 0 Å². The number of oxazole rings is 1. The zero-order chi connectivity index (χ0) is 17.9. The second-order valence-electron chi connectivity index (χ2n) is 5.21. The Labute approximate surface area is 138 Å². The molecule has 0 saturated carbocycles. The standard InChI is InChI=1S/C14H19N3O6S/c1-16(2)24(20,21)10-4-5-11-12(8-10)23-14(19)17(11)9-13(18)15-6-7-22-3/h4-5,8H,6-7,9H2,1-3H3,(H,15,18). The van der Waals surface area contributed by atoms with E-state index in [4.69, 9.17) is 9.15 Å². The van der Waals surface area contributed by atoms with Crippen LogP contribution in [0.25, 0.3) is 11.1 Å². The van der Waals surface area contributed by atoms with Gasteiger partial charge in [0, 0.05) is 33.8 Å². The maximum atomic E-state index is 12.1. The maximum absolute atomic E-state index is 12.1. The summed E-state index contributed by atoms with van der Waals surface area (Å²) in [6.07, 6.45) is 0. The van der Waals surface area contributed by atoms with E-state index in [2.05, 4.69) is 5.32 Å². The Bertz CT molecular complexity index is 897. The molecule has 9 nitrogen and oxygen atoms in total. The largest absolute Gasteiger partial charge is 0.420 e. The van der Waals surface area contributed by atoms with Gasteiger partial charge in [-0.05, 0) is 12.1 Å². The summed E-state index contributed by atoms with van der Waals surface area (Å²) in [7, 11) is 0.688. The summed E-state index contributed by atoms with van der Waals surface area (Å²) in [5, 5.41) is 2.60. The predicted molar refractivity (Wildman–Crippen MR) is 86.2 cm³/mol. The molecule has 0 bridgehead atoms. The van der Waals surface area contributed by atoms with Crippen molar-refractivity contribution in [2.45, 2.75) is 11.4 Å². The van der Waals surface area contributed by atoms with Gasteiger partial charge in [-0.25, -0.2) is 17.5 Å². The first kappa shape index (κ1) is 18.2. The molecule has 0 unspecified atom stereocenters. The molecule has 10 heteroatoms. The molecule has 24 heavy (non-hydrogen) atoms. The molecule has 0 saturated heterocycles. The number of hydrogen-bond donors (Lipinski definition) is 1. The van der Waals surface area contributed by atoms with Crippen LogP contribution in [0.5, 0.6) is 0 Å². The fourth-order valence-electron chi connectivity index (χ4n) is 2.06. The average molecular weight is 357 g/mol. The molecule has 1 heterocycles. The molecule has 1 amide bonds. The van der Waals surface area contributed by atoms with Gasteiger partial charge in [0.05, 0.1) is 17.0 Å². The van der Waals surface area contributed by atoms with Gasteiger partial charge in [-0.2, -0.15) is 0 Å². The van der Waals surface area contributed by atoms with Crippen molar-refractivity contribution in [1.29, 1.82) is 0 Å². The lowest BCUT2D eigenvalue weighted by Gasteiger charge is -2.11. The lowest BCUT2D eigenvalue weighted by Crippen LogP contribution is -2.32. The fourth-order valence-corrected chi connectivity index (χ4v) is 2.98. The van der Waals surface area contributed by atoms with Crippen molar-refractivity contribution in [2.75, 3.05) is 34.4 Å². The third-order valence-electron chi connectivity index (χ3n) is 3.35. The Kier molecular flexibility index (Phi) is 5.42. The number of nitrogens with one attached hydrogen (secondary N) is 1. The van der Waals surface area contributed by atoms with Gasteiger partial charge in [0.15, 0.2) is 5.58 Å². The number of nitrogens with zero attached hydrogens (tertiary/aromatic N) is 2. The van der Waals surface area contributed by atoms with E-state index >= 15 is 0 Å². The molecule has 0 atom stereocenters.